The van der Waals surface area contributed by atoms with Gasteiger partial charge >= 0.3 is 0 Å². The van der Waals surface area contributed by atoms with Crippen LogP contribution in [0.4, 0.5) is 0 Å². The summed E-state index contributed by atoms with van der Waals surface area (Å²) in [5.74, 6) is 0. The molecule has 3 nitrogen and oxygen atoms in total. The van der Waals surface area contributed by atoms with Crippen molar-refractivity contribution < 1.29 is 0 Å². The molecule has 2 heterocycles. The van der Waals surface area contributed by atoms with Crippen molar-refractivity contribution in [2.75, 3.05) is 0 Å². The quantitative estimate of drug-likeness (QED) is 0.885. The van der Waals surface area contributed by atoms with E-state index in [1.807, 2.05) is 31.5 Å². The lowest BCUT2D eigenvalue weighted by Gasteiger charge is -2.13. The van der Waals surface area contributed by atoms with E-state index in [9.17, 15) is 0 Å². The van der Waals surface area contributed by atoms with Crippen molar-refractivity contribution in [2.24, 2.45) is 5.73 Å². The molecule has 0 spiro atoms. The normalized spacial score (nSPS) is 12.7. The topological polar surface area (TPSA) is 51.8 Å². The molecule has 0 fully saturated rings. The maximum Gasteiger partial charge on any atom is 0.0943 e. The van der Waals surface area contributed by atoms with E-state index in [2.05, 4.69) is 16.0 Å². The van der Waals surface area contributed by atoms with Crippen molar-refractivity contribution in [3.05, 3.63) is 45.7 Å². The molecule has 0 radical (unpaired) electrons. The van der Waals surface area contributed by atoms with Crippen LogP contribution < -0.4 is 5.73 Å². The summed E-state index contributed by atoms with van der Waals surface area (Å²) in [4.78, 5) is 8.67. The van der Waals surface area contributed by atoms with Gasteiger partial charge in [0.15, 0.2) is 0 Å². The van der Waals surface area contributed by atoms with Crippen LogP contribution in [-0.2, 0) is 6.42 Å². The molecule has 84 valence electrons. The highest BCUT2D eigenvalue weighted by molar-refractivity contribution is 7.09. The number of aromatic nitrogens is 2. The average Bonchev–Trinajstić information content (AvgIpc) is 2.70. The van der Waals surface area contributed by atoms with Gasteiger partial charge in [-0.05, 0) is 25.5 Å². The van der Waals surface area contributed by atoms with E-state index in [1.54, 1.807) is 11.3 Å². The lowest BCUT2D eigenvalue weighted by Crippen LogP contribution is -2.15. The molecule has 0 aliphatic rings. The Labute approximate surface area is 99.4 Å². The van der Waals surface area contributed by atoms with Gasteiger partial charge in [0.2, 0.25) is 0 Å². The minimum atomic E-state index is -0.0146. The second-order valence-electron chi connectivity index (χ2n) is 3.86. The Kier molecular flexibility index (Phi) is 3.31. The Balaban J connectivity index is 2.17. The zero-order valence-electron chi connectivity index (χ0n) is 9.47. The highest BCUT2D eigenvalue weighted by Gasteiger charge is 2.11. The van der Waals surface area contributed by atoms with E-state index in [0.29, 0.717) is 0 Å². The second-order valence-corrected chi connectivity index (χ2v) is 4.84. The third-order valence-electron chi connectivity index (χ3n) is 2.54. The van der Waals surface area contributed by atoms with Crippen molar-refractivity contribution in [2.45, 2.75) is 26.3 Å². The van der Waals surface area contributed by atoms with Crippen LogP contribution in [0.3, 0.4) is 0 Å². The Hall–Kier alpha value is -1.26. The van der Waals surface area contributed by atoms with E-state index < -0.39 is 0 Å². The molecule has 0 amide bonds. The first-order valence-electron chi connectivity index (χ1n) is 5.25. The monoisotopic (exact) mass is 233 g/mol. The van der Waals surface area contributed by atoms with E-state index in [1.165, 1.54) is 0 Å². The first kappa shape index (κ1) is 11.2. The van der Waals surface area contributed by atoms with Gasteiger partial charge in [0.05, 0.1) is 5.01 Å². The van der Waals surface area contributed by atoms with Crippen molar-refractivity contribution in [3.8, 4) is 0 Å². The maximum atomic E-state index is 6.16. The zero-order chi connectivity index (χ0) is 11.5. The molecule has 4 heteroatoms. The number of aryl methyl sites for hydroxylation is 2. The maximum absolute atomic E-state index is 6.16. The fraction of sp³-hybridized carbons (Fsp3) is 0.333. The summed E-state index contributed by atoms with van der Waals surface area (Å²) in [6, 6.07) is 4.05. The van der Waals surface area contributed by atoms with Gasteiger partial charge < -0.3 is 5.73 Å². The van der Waals surface area contributed by atoms with Gasteiger partial charge in [-0.2, -0.15) is 0 Å². The van der Waals surface area contributed by atoms with Gasteiger partial charge in [0.25, 0.3) is 0 Å². The van der Waals surface area contributed by atoms with E-state index >= 15 is 0 Å². The third-order valence-corrected chi connectivity index (χ3v) is 3.35. The summed E-state index contributed by atoms with van der Waals surface area (Å²) in [7, 11) is 0. The summed E-state index contributed by atoms with van der Waals surface area (Å²) < 4.78 is 0. The number of nitrogens with two attached hydrogens (primary N) is 1. The molecule has 0 aromatic carbocycles. The minimum absolute atomic E-state index is 0.0146. The van der Waals surface area contributed by atoms with Crippen LogP contribution in [0.15, 0.2) is 23.7 Å². The van der Waals surface area contributed by atoms with E-state index in [0.717, 1.165) is 28.4 Å². The Morgan fingerprint density at radius 3 is 2.81 bits per heavy atom. The third kappa shape index (κ3) is 2.46. The molecule has 0 aliphatic heterocycles. The molecule has 2 aromatic rings. The van der Waals surface area contributed by atoms with Gasteiger partial charge in [-0.1, -0.05) is 6.07 Å². The summed E-state index contributed by atoms with van der Waals surface area (Å²) in [5, 5.41) is 3.05. The predicted octanol–water partition coefficient (Wildman–Crippen LogP) is 2.40. The fourth-order valence-electron chi connectivity index (χ4n) is 1.74. The number of pyridine rings is 1. The van der Waals surface area contributed by atoms with Gasteiger partial charge in [-0.3, -0.25) is 4.98 Å². The Morgan fingerprint density at radius 1 is 1.38 bits per heavy atom. The van der Waals surface area contributed by atoms with Crippen molar-refractivity contribution in [1.82, 2.24) is 9.97 Å². The van der Waals surface area contributed by atoms with E-state index in [-0.39, 0.29) is 6.04 Å². The van der Waals surface area contributed by atoms with Crippen LogP contribution in [0.25, 0.3) is 0 Å². The minimum Gasteiger partial charge on any atom is -0.324 e. The lowest BCUT2D eigenvalue weighted by molar-refractivity contribution is 0.706. The van der Waals surface area contributed by atoms with Gasteiger partial charge in [-0.15, -0.1) is 11.3 Å². The van der Waals surface area contributed by atoms with Crippen LogP contribution >= 0.6 is 11.3 Å². The molecule has 0 aliphatic carbocycles. The van der Waals surface area contributed by atoms with Crippen LogP contribution in [-0.4, -0.2) is 9.97 Å². The molecule has 2 N–H and O–H groups in total. The average molecular weight is 233 g/mol. The number of hydrogen-bond acceptors (Lipinski definition) is 4. The molecular formula is C12H15N3S. The Morgan fingerprint density at radius 2 is 2.19 bits per heavy atom. The molecule has 16 heavy (non-hydrogen) atoms. The molecule has 2 aromatic heterocycles. The van der Waals surface area contributed by atoms with Gasteiger partial charge in [0.1, 0.15) is 0 Å². The first-order valence-corrected chi connectivity index (χ1v) is 6.13. The highest BCUT2D eigenvalue weighted by atomic mass is 32.1. The van der Waals surface area contributed by atoms with Crippen LogP contribution in [0.1, 0.15) is 28.0 Å². The van der Waals surface area contributed by atoms with Crippen LogP contribution in [0.5, 0.6) is 0 Å². The van der Waals surface area contributed by atoms with Crippen molar-refractivity contribution >= 4 is 11.3 Å². The standard InChI is InChI=1S/C12H15N3S/c1-8-3-4-10(9(2)15-8)11(13)7-12-14-5-6-16-12/h3-6,11H,7,13H2,1-2H3. The molecule has 0 saturated carbocycles. The first-order chi connectivity index (χ1) is 7.66. The predicted molar refractivity (Wildman–Crippen MR) is 66.5 cm³/mol. The second kappa shape index (κ2) is 4.72. The van der Waals surface area contributed by atoms with Gasteiger partial charge in [0, 0.05) is 35.4 Å². The molecule has 0 bridgehead atoms. The number of hydrogen-bond donors (Lipinski definition) is 1. The summed E-state index contributed by atoms with van der Waals surface area (Å²) >= 11 is 1.64. The molecule has 2 rings (SSSR count). The molecule has 1 atom stereocenters. The van der Waals surface area contributed by atoms with Crippen molar-refractivity contribution in [1.29, 1.82) is 0 Å². The molecular weight excluding hydrogens is 218 g/mol. The molecule has 1 unspecified atom stereocenters. The van der Waals surface area contributed by atoms with E-state index in [4.69, 9.17) is 5.73 Å². The number of thiazole rings is 1. The summed E-state index contributed by atoms with van der Waals surface area (Å²) in [6.07, 6.45) is 2.59. The fourth-order valence-corrected chi connectivity index (χ4v) is 2.42. The summed E-state index contributed by atoms with van der Waals surface area (Å²) in [5.41, 5.74) is 9.32. The smallest absolute Gasteiger partial charge is 0.0943 e. The molecule has 0 saturated heterocycles. The largest absolute Gasteiger partial charge is 0.324 e. The SMILES string of the molecule is Cc1ccc(C(N)Cc2nccs2)c(C)n1. The number of nitrogens with zero attached hydrogens (tertiary/aromatic N) is 2. The summed E-state index contributed by atoms with van der Waals surface area (Å²) in [6.45, 7) is 3.99. The van der Waals surface area contributed by atoms with Crippen LogP contribution in [0, 0.1) is 13.8 Å². The lowest BCUT2D eigenvalue weighted by atomic mass is 10.0. The van der Waals surface area contributed by atoms with Gasteiger partial charge in [-0.25, -0.2) is 4.98 Å². The van der Waals surface area contributed by atoms with Crippen molar-refractivity contribution in [3.63, 3.8) is 0 Å². The highest BCUT2D eigenvalue weighted by Crippen LogP contribution is 2.19. The number of rotatable bonds is 3. The Bertz CT molecular complexity index is 465. The van der Waals surface area contributed by atoms with Crippen LogP contribution in [0.2, 0.25) is 0 Å². The zero-order valence-corrected chi connectivity index (χ0v) is 10.3.